The lowest BCUT2D eigenvalue weighted by atomic mass is 10.1. The molecule has 1 aliphatic carbocycles. The van der Waals surface area contributed by atoms with E-state index < -0.39 is 6.03 Å². The molecule has 1 heterocycles. The maximum absolute atomic E-state index is 10.8. The third-order valence-electron chi connectivity index (χ3n) is 4.38. The van der Waals surface area contributed by atoms with Crippen LogP contribution in [-0.4, -0.2) is 27.8 Å². The van der Waals surface area contributed by atoms with Gasteiger partial charge in [-0.3, -0.25) is 10.2 Å². The minimum absolute atomic E-state index is 0.0500. The lowest BCUT2D eigenvalue weighted by Crippen LogP contribution is -2.34. The van der Waals surface area contributed by atoms with Crippen molar-refractivity contribution in [2.75, 3.05) is 6.54 Å². The summed E-state index contributed by atoms with van der Waals surface area (Å²) >= 11 is 0. The zero-order chi connectivity index (χ0) is 17.1. The zero-order valence-electron chi connectivity index (χ0n) is 13.5. The second-order valence-electron chi connectivity index (χ2n) is 6.13. The highest BCUT2D eigenvalue weighted by molar-refractivity contribution is 5.70. The predicted octanol–water partition coefficient (Wildman–Crippen LogP) is 3.10. The first-order valence-electron chi connectivity index (χ1n) is 7.97. The van der Waals surface area contributed by atoms with E-state index in [2.05, 4.69) is 4.98 Å². The Morgan fingerprint density at radius 3 is 2.62 bits per heavy atom. The van der Waals surface area contributed by atoms with Gasteiger partial charge in [0.2, 0.25) is 0 Å². The standard InChI is InChI=1S/C18H21N3O3/c1-12(13-6-8-20-9-7-13)24-16-4-2-14(3-5-16)17-10-15(17)11-21(23)18(19)22/h2-9,12,15,17,23H,10-11H2,1H3,(H2,19,22). The van der Waals surface area contributed by atoms with Crippen LogP contribution in [0.2, 0.25) is 0 Å². The molecule has 2 aromatic rings. The molecule has 2 amide bonds. The summed E-state index contributed by atoms with van der Waals surface area (Å²) in [6, 6.07) is 11.0. The van der Waals surface area contributed by atoms with Crippen molar-refractivity contribution in [2.24, 2.45) is 11.7 Å². The maximum atomic E-state index is 10.8. The van der Waals surface area contributed by atoms with Crippen LogP contribution in [0.15, 0.2) is 48.8 Å². The summed E-state index contributed by atoms with van der Waals surface area (Å²) in [6.45, 7) is 2.27. The van der Waals surface area contributed by atoms with Crippen molar-refractivity contribution < 1.29 is 14.7 Å². The third kappa shape index (κ3) is 3.83. The normalized spacial score (nSPS) is 20.2. The molecule has 126 valence electrons. The molecule has 3 rings (SSSR count). The molecular weight excluding hydrogens is 306 g/mol. The second kappa shape index (κ2) is 6.88. The number of ether oxygens (including phenoxy) is 1. The number of hydroxylamine groups is 2. The first kappa shape index (κ1) is 16.3. The quantitative estimate of drug-likeness (QED) is 0.630. The fourth-order valence-corrected chi connectivity index (χ4v) is 2.87. The number of urea groups is 1. The van der Waals surface area contributed by atoms with E-state index in [4.69, 9.17) is 10.5 Å². The molecule has 0 radical (unpaired) electrons. The Hall–Kier alpha value is -2.60. The molecule has 6 heteroatoms. The minimum atomic E-state index is -0.811. The lowest BCUT2D eigenvalue weighted by molar-refractivity contribution is -0.0431. The monoisotopic (exact) mass is 327 g/mol. The number of amides is 2. The van der Waals surface area contributed by atoms with Crippen LogP contribution in [0.3, 0.4) is 0 Å². The van der Waals surface area contributed by atoms with E-state index >= 15 is 0 Å². The number of pyridine rings is 1. The van der Waals surface area contributed by atoms with Gasteiger partial charge in [-0.05, 0) is 60.6 Å². The summed E-state index contributed by atoms with van der Waals surface area (Å²) in [5, 5.41) is 9.97. The van der Waals surface area contributed by atoms with Gasteiger partial charge in [-0.25, -0.2) is 9.86 Å². The largest absolute Gasteiger partial charge is 0.486 e. The summed E-state index contributed by atoms with van der Waals surface area (Å²) in [4.78, 5) is 14.9. The Morgan fingerprint density at radius 1 is 1.33 bits per heavy atom. The van der Waals surface area contributed by atoms with E-state index in [1.807, 2.05) is 43.3 Å². The van der Waals surface area contributed by atoms with Gasteiger partial charge in [0.1, 0.15) is 11.9 Å². The average molecular weight is 327 g/mol. The fraction of sp³-hybridized carbons (Fsp3) is 0.333. The van der Waals surface area contributed by atoms with E-state index in [9.17, 15) is 10.0 Å². The molecule has 6 nitrogen and oxygen atoms in total. The van der Waals surface area contributed by atoms with Crippen molar-refractivity contribution in [2.45, 2.75) is 25.4 Å². The first-order valence-corrected chi connectivity index (χ1v) is 7.97. The van der Waals surface area contributed by atoms with Crippen LogP contribution in [0.25, 0.3) is 0 Å². The molecule has 1 aromatic heterocycles. The van der Waals surface area contributed by atoms with Crippen LogP contribution in [0.5, 0.6) is 5.75 Å². The van der Waals surface area contributed by atoms with Crippen LogP contribution in [-0.2, 0) is 0 Å². The van der Waals surface area contributed by atoms with E-state index in [-0.39, 0.29) is 18.6 Å². The Balaban J connectivity index is 1.56. The van der Waals surface area contributed by atoms with Crippen LogP contribution < -0.4 is 10.5 Å². The highest BCUT2D eigenvalue weighted by Crippen LogP contribution is 2.48. The van der Waals surface area contributed by atoms with Crippen LogP contribution >= 0.6 is 0 Å². The summed E-state index contributed by atoms with van der Waals surface area (Å²) in [5.74, 6) is 1.41. The molecule has 1 aromatic carbocycles. The Morgan fingerprint density at radius 2 is 2.00 bits per heavy atom. The van der Waals surface area contributed by atoms with Gasteiger partial charge in [0.15, 0.2) is 0 Å². The minimum Gasteiger partial charge on any atom is -0.486 e. The third-order valence-corrected chi connectivity index (χ3v) is 4.38. The topological polar surface area (TPSA) is 88.7 Å². The Bertz CT molecular complexity index is 690. The Labute approximate surface area is 140 Å². The van der Waals surface area contributed by atoms with Gasteiger partial charge >= 0.3 is 6.03 Å². The van der Waals surface area contributed by atoms with Crippen molar-refractivity contribution in [3.63, 3.8) is 0 Å². The lowest BCUT2D eigenvalue weighted by Gasteiger charge is -2.15. The van der Waals surface area contributed by atoms with Crippen molar-refractivity contribution in [1.82, 2.24) is 10.0 Å². The molecule has 3 N–H and O–H groups in total. The summed E-state index contributed by atoms with van der Waals surface area (Å²) < 4.78 is 5.94. The highest BCUT2D eigenvalue weighted by atomic mass is 16.5. The highest BCUT2D eigenvalue weighted by Gasteiger charge is 2.39. The van der Waals surface area contributed by atoms with Gasteiger partial charge in [0, 0.05) is 12.4 Å². The molecule has 0 bridgehead atoms. The van der Waals surface area contributed by atoms with Crippen LogP contribution in [0, 0.1) is 5.92 Å². The number of benzene rings is 1. The molecule has 1 saturated carbocycles. The molecular formula is C18H21N3O3. The number of hydrogen-bond acceptors (Lipinski definition) is 4. The van der Waals surface area contributed by atoms with Crippen LogP contribution in [0.4, 0.5) is 4.79 Å². The van der Waals surface area contributed by atoms with Gasteiger partial charge < -0.3 is 10.5 Å². The number of nitrogens with two attached hydrogens (primary N) is 1. The van der Waals surface area contributed by atoms with Crippen LogP contribution in [0.1, 0.15) is 36.5 Å². The molecule has 1 aliphatic rings. The zero-order valence-corrected chi connectivity index (χ0v) is 13.5. The number of nitrogens with zero attached hydrogens (tertiary/aromatic N) is 2. The fourth-order valence-electron chi connectivity index (χ4n) is 2.87. The average Bonchev–Trinajstić information content (AvgIpc) is 3.35. The molecule has 0 saturated heterocycles. The maximum Gasteiger partial charge on any atom is 0.338 e. The van der Waals surface area contributed by atoms with Crippen molar-refractivity contribution in [1.29, 1.82) is 0 Å². The molecule has 1 fully saturated rings. The second-order valence-corrected chi connectivity index (χ2v) is 6.13. The van der Waals surface area contributed by atoms with E-state index in [1.165, 1.54) is 5.56 Å². The van der Waals surface area contributed by atoms with Gasteiger partial charge in [-0.1, -0.05) is 12.1 Å². The van der Waals surface area contributed by atoms with Crippen molar-refractivity contribution in [3.05, 3.63) is 59.9 Å². The summed E-state index contributed by atoms with van der Waals surface area (Å²) in [5.41, 5.74) is 7.28. The van der Waals surface area contributed by atoms with Crippen molar-refractivity contribution in [3.8, 4) is 5.75 Å². The number of hydrogen-bond donors (Lipinski definition) is 2. The van der Waals surface area contributed by atoms with Gasteiger partial charge in [-0.2, -0.15) is 0 Å². The summed E-state index contributed by atoms with van der Waals surface area (Å²) in [6.07, 6.45) is 4.40. The Kier molecular flexibility index (Phi) is 4.66. The molecule has 3 unspecified atom stereocenters. The number of aromatic nitrogens is 1. The molecule has 0 aliphatic heterocycles. The smallest absolute Gasteiger partial charge is 0.338 e. The molecule has 24 heavy (non-hydrogen) atoms. The number of carbonyl (C=O) groups excluding carboxylic acids is 1. The van der Waals surface area contributed by atoms with Gasteiger partial charge in [0.25, 0.3) is 0 Å². The van der Waals surface area contributed by atoms with Crippen molar-refractivity contribution >= 4 is 6.03 Å². The number of carbonyl (C=O) groups is 1. The van der Waals surface area contributed by atoms with Gasteiger partial charge in [-0.15, -0.1) is 0 Å². The number of primary amides is 1. The molecule has 3 atom stereocenters. The first-order chi connectivity index (χ1) is 11.5. The van der Waals surface area contributed by atoms with E-state index in [1.54, 1.807) is 12.4 Å². The predicted molar refractivity (Wildman–Crippen MR) is 88.6 cm³/mol. The van der Waals surface area contributed by atoms with E-state index in [0.29, 0.717) is 11.0 Å². The number of rotatable bonds is 6. The molecule has 0 spiro atoms. The SMILES string of the molecule is CC(Oc1ccc(C2CC2CN(O)C(N)=O)cc1)c1ccncc1. The van der Waals surface area contributed by atoms with Gasteiger partial charge in [0.05, 0.1) is 6.54 Å². The van der Waals surface area contributed by atoms with E-state index in [0.717, 1.165) is 17.7 Å². The summed E-state index contributed by atoms with van der Waals surface area (Å²) in [7, 11) is 0.